The highest BCUT2D eigenvalue weighted by Crippen LogP contribution is 2.30. The lowest BCUT2D eigenvalue weighted by Gasteiger charge is -2.38. The number of aliphatic hydroxyl groups is 1. The molecule has 0 aliphatic carbocycles. The molecule has 3 rings (SSSR count). The topological polar surface area (TPSA) is 49.8 Å². The van der Waals surface area contributed by atoms with E-state index in [0.29, 0.717) is 13.2 Å². The van der Waals surface area contributed by atoms with E-state index in [1.54, 1.807) is 4.90 Å². The lowest BCUT2D eigenvalue weighted by molar-refractivity contribution is -0.150. The molecule has 1 aromatic rings. The molecule has 2 heterocycles. The molecular formula is C16H21NO3. The first kappa shape index (κ1) is 13.6. The fourth-order valence-electron chi connectivity index (χ4n) is 3.23. The predicted octanol–water partition coefficient (Wildman–Crippen LogP) is 1.67. The fraction of sp³-hybridized carbons (Fsp3) is 0.562. The van der Waals surface area contributed by atoms with Gasteiger partial charge in [-0.1, -0.05) is 24.3 Å². The maximum atomic E-state index is 12.6. The van der Waals surface area contributed by atoms with Crippen molar-refractivity contribution in [2.24, 2.45) is 0 Å². The van der Waals surface area contributed by atoms with E-state index in [9.17, 15) is 9.90 Å². The smallest absolute Gasteiger partial charge is 0.252 e. The molecule has 1 saturated heterocycles. The Labute approximate surface area is 119 Å². The Hall–Kier alpha value is -1.39. The maximum absolute atomic E-state index is 12.6. The first-order chi connectivity index (χ1) is 9.81. The molecule has 0 saturated carbocycles. The Bertz CT molecular complexity index is 482. The zero-order valence-corrected chi connectivity index (χ0v) is 11.6. The van der Waals surface area contributed by atoms with Crippen LogP contribution in [0.1, 0.15) is 36.4 Å². The number of hydrogen-bond acceptors (Lipinski definition) is 3. The van der Waals surface area contributed by atoms with Crippen LogP contribution in [0.25, 0.3) is 0 Å². The van der Waals surface area contributed by atoms with Gasteiger partial charge in [-0.05, 0) is 36.8 Å². The summed E-state index contributed by atoms with van der Waals surface area (Å²) in [4.78, 5) is 14.4. The van der Waals surface area contributed by atoms with E-state index >= 15 is 0 Å². The normalized spacial score (nSPS) is 26.1. The summed E-state index contributed by atoms with van der Waals surface area (Å²) in [6.45, 7) is 1.31. The van der Waals surface area contributed by atoms with Crippen LogP contribution in [0, 0.1) is 0 Å². The Morgan fingerprint density at radius 1 is 1.35 bits per heavy atom. The van der Waals surface area contributed by atoms with Crippen LogP contribution in [0.2, 0.25) is 0 Å². The van der Waals surface area contributed by atoms with Crippen molar-refractivity contribution >= 4 is 5.91 Å². The SMILES string of the molecule is O=C([C@H]1CCCCO1)N1CCc2ccccc2[C@@H]1CO. The molecule has 1 N–H and O–H groups in total. The van der Waals surface area contributed by atoms with E-state index in [4.69, 9.17) is 4.74 Å². The van der Waals surface area contributed by atoms with Crippen molar-refractivity contribution in [1.29, 1.82) is 0 Å². The molecular weight excluding hydrogens is 254 g/mol. The summed E-state index contributed by atoms with van der Waals surface area (Å²) >= 11 is 0. The largest absolute Gasteiger partial charge is 0.394 e. The van der Waals surface area contributed by atoms with Gasteiger partial charge in [0.2, 0.25) is 0 Å². The van der Waals surface area contributed by atoms with Crippen molar-refractivity contribution in [2.75, 3.05) is 19.8 Å². The zero-order chi connectivity index (χ0) is 13.9. The monoisotopic (exact) mass is 275 g/mol. The second kappa shape index (κ2) is 5.94. The molecule has 0 unspecified atom stereocenters. The molecule has 4 heteroatoms. The molecule has 0 aromatic heterocycles. The number of hydrogen-bond donors (Lipinski definition) is 1. The van der Waals surface area contributed by atoms with E-state index in [-0.39, 0.29) is 24.7 Å². The number of carbonyl (C=O) groups excluding carboxylic acids is 1. The third-order valence-corrected chi connectivity index (χ3v) is 4.32. The highest BCUT2D eigenvalue weighted by molar-refractivity contribution is 5.82. The number of ether oxygens (including phenoxy) is 1. The summed E-state index contributed by atoms with van der Waals surface area (Å²) in [7, 11) is 0. The van der Waals surface area contributed by atoms with Crippen molar-refractivity contribution in [3.63, 3.8) is 0 Å². The number of aliphatic hydroxyl groups excluding tert-OH is 1. The van der Waals surface area contributed by atoms with Gasteiger partial charge in [-0.2, -0.15) is 0 Å². The third-order valence-electron chi connectivity index (χ3n) is 4.32. The molecule has 2 aliphatic rings. The number of rotatable bonds is 2. The lowest BCUT2D eigenvalue weighted by Crippen LogP contribution is -2.47. The first-order valence-corrected chi connectivity index (χ1v) is 7.42. The predicted molar refractivity (Wildman–Crippen MR) is 75.3 cm³/mol. The van der Waals surface area contributed by atoms with E-state index < -0.39 is 0 Å². The molecule has 0 bridgehead atoms. The van der Waals surface area contributed by atoms with Crippen molar-refractivity contribution in [3.05, 3.63) is 35.4 Å². The molecule has 2 atom stereocenters. The lowest BCUT2D eigenvalue weighted by atomic mass is 9.92. The molecule has 1 aromatic carbocycles. The summed E-state index contributed by atoms with van der Waals surface area (Å²) in [5.41, 5.74) is 2.31. The van der Waals surface area contributed by atoms with Gasteiger partial charge in [0.25, 0.3) is 5.91 Å². The van der Waals surface area contributed by atoms with Gasteiger partial charge in [-0.3, -0.25) is 4.79 Å². The van der Waals surface area contributed by atoms with E-state index in [0.717, 1.165) is 31.2 Å². The van der Waals surface area contributed by atoms with Crippen LogP contribution >= 0.6 is 0 Å². The fourth-order valence-corrected chi connectivity index (χ4v) is 3.23. The van der Waals surface area contributed by atoms with E-state index in [1.807, 2.05) is 18.2 Å². The van der Waals surface area contributed by atoms with Crippen LogP contribution in [0.5, 0.6) is 0 Å². The Morgan fingerprint density at radius 3 is 2.95 bits per heavy atom. The number of fused-ring (bicyclic) bond motifs is 1. The van der Waals surface area contributed by atoms with Gasteiger partial charge in [0.05, 0.1) is 12.6 Å². The molecule has 2 aliphatic heterocycles. The molecule has 108 valence electrons. The van der Waals surface area contributed by atoms with Crippen LogP contribution in [-0.4, -0.2) is 41.8 Å². The van der Waals surface area contributed by atoms with Gasteiger partial charge < -0.3 is 14.7 Å². The van der Waals surface area contributed by atoms with Gasteiger partial charge in [0.1, 0.15) is 6.10 Å². The number of benzene rings is 1. The molecule has 1 fully saturated rings. The van der Waals surface area contributed by atoms with Gasteiger partial charge in [-0.15, -0.1) is 0 Å². The minimum absolute atomic E-state index is 0.0323. The zero-order valence-electron chi connectivity index (χ0n) is 11.6. The van der Waals surface area contributed by atoms with Crippen molar-refractivity contribution < 1.29 is 14.6 Å². The first-order valence-electron chi connectivity index (χ1n) is 7.42. The number of carbonyl (C=O) groups is 1. The number of amides is 1. The average Bonchev–Trinajstić information content (AvgIpc) is 2.54. The Balaban J connectivity index is 1.81. The second-order valence-corrected chi connectivity index (χ2v) is 5.53. The Kier molecular flexibility index (Phi) is 4.03. The molecule has 1 amide bonds. The van der Waals surface area contributed by atoms with Gasteiger partial charge in [0, 0.05) is 13.2 Å². The van der Waals surface area contributed by atoms with Crippen LogP contribution in [0.4, 0.5) is 0 Å². The molecule has 4 nitrogen and oxygen atoms in total. The quantitative estimate of drug-likeness (QED) is 0.893. The standard InChI is InChI=1S/C16H21NO3/c18-11-14-13-6-2-1-5-12(13)8-9-17(14)16(19)15-7-3-4-10-20-15/h1-2,5-6,14-15,18H,3-4,7-11H2/t14-,15+/m0/s1. The van der Waals surface area contributed by atoms with Gasteiger partial charge in [0.15, 0.2) is 0 Å². The molecule has 0 spiro atoms. The van der Waals surface area contributed by atoms with Crippen LogP contribution in [0.15, 0.2) is 24.3 Å². The van der Waals surface area contributed by atoms with Crippen molar-refractivity contribution in [3.8, 4) is 0 Å². The van der Waals surface area contributed by atoms with Crippen LogP contribution in [-0.2, 0) is 16.0 Å². The van der Waals surface area contributed by atoms with E-state index in [1.165, 1.54) is 5.56 Å². The van der Waals surface area contributed by atoms with E-state index in [2.05, 4.69) is 6.07 Å². The maximum Gasteiger partial charge on any atom is 0.252 e. The third kappa shape index (κ3) is 2.45. The van der Waals surface area contributed by atoms with Crippen molar-refractivity contribution in [1.82, 2.24) is 4.90 Å². The summed E-state index contributed by atoms with van der Waals surface area (Å²) < 4.78 is 5.60. The minimum atomic E-state index is -0.317. The van der Waals surface area contributed by atoms with Crippen LogP contribution < -0.4 is 0 Å². The molecule has 0 radical (unpaired) electrons. The highest BCUT2D eigenvalue weighted by Gasteiger charge is 2.34. The highest BCUT2D eigenvalue weighted by atomic mass is 16.5. The van der Waals surface area contributed by atoms with Crippen molar-refractivity contribution in [2.45, 2.75) is 37.8 Å². The minimum Gasteiger partial charge on any atom is -0.394 e. The molecule has 20 heavy (non-hydrogen) atoms. The number of nitrogens with zero attached hydrogens (tertiary/aromatic N) is 1. The second-order valence-electron chi connectivity index (χ2n) is 5.53. The van der Waals surface area contributed by atoms with Crippen LogP contribution in [0.3, 0.4) is 0 Å². The van der Waals surface area contributed by atoms with Gasteiger partial charge >= 0.3 is 0 Å². The summed E-state index contributed by atoms with van der Waals surface area (Å²) in [6, 6.07) is 7.84. The summed E-state index contributed by atoms with van der Waals surface area (Å²) in [5.74, 6) is 0.0400. The summed E-state index contributed by atoms with van der Waals surface area (Å²) in [6.07, 6.45) is 3.42. The summed E-state index contributed by atoms with van der Waals surface area (Å²) in [5, 5.41) is 9.72. The Morgan fingerprint density at radius 2 is 2.20 bits per heavy atom. The van der Waals surface area contributed by atoms with Gasteiger partial charge in [-0.25, -0.2) is 0 Å². The average molecular weight is 275 g/mol.